The second kappa shape index (κ2) is 4.14. The summed E-state index contributed by atoms with van der Waals surface area (Å²) < 4.78 is 0. The van der Waals surface area contributed by atoms with Gasteiger partial charge in [0.25, 0.3) is 5.69 Å². The van der Waals surface area contributed by atoms with Crippen LogP contribution in [0.4, 0.5) is 5.69 Å². The smallest absolute Gasteiger partial charge is 0.269 e. The molecule has 1 fully saturated rings. The van der Waals surface area contributed by atoms with Crippen LogP contribution in [0.5, 0.6) is 0 Å². The molecule has 0 saturated carbocycles. The number of nitro benzene ring substituents is 1. The molecule has 1 aliphatic heterocycles. The Labute approximate surface area is 101 Å². The number of carbonyl (C=O) groups excluding carboxylic acids is 2. The lowest BCUT2D eigenvalue weighted by Crippen LogP contribution is -2.22. The number of nitrogens with one attached hydrogen (secondary N) is 1. The van der Waals surface area contributed by atoms with Gasteiger partial charge in [0.2, 0.25) is 11.8 Å². The van der Waals surface area contributed by atoms with Crippen LogP contribution in [0.15, 0.2) is 24.3 Å². The van der Waals surface area contributed by atoms with E-state index in [1.54, 1.807) is 0 Å². The van der Waals surface area contributed by atoms with E-state index in [1.807, 2.05) is 0 Å². The van der Waals surface area contributed by atoms with Crippen LogP contribution in [-0.2, 0) is 9.59 Å². The Morgan fingerprint density at radius 3 is 2.53 bits per heavy atom. The number of carbonyl (C=O) groups is 2. The summed E-state index contributed by atoms with van der Waals surface area (Å²) in [6, 6.07) is 5.54. The maximum absolute atomic E-state index is 11.5. The molecule has 6 nitrogen and oxygen atoms in total. The van der Waals surface area contributed by atoms with Crippen molar-refractivity contribution in [3.63, 3.8) is 0 Å². The molecule has 0 bridgehead atoms. The van der Waals surface area contributed by atoms with Gasteiger partial charge in [-0.3, -0.25) is 25.0 Å². The normalized spacial score (nSPS) is 23.6. The van der Waals surface area contributed by atoms with E-state index in [9.17, 15) is 19.7 Å². The minimum atomic E-state index is -1.02. The minimum absolute atomic E-state index is 0.140. The third kappa shape index (κ3) is 1.99. The SMILES string of the molecule is O=C1NC(=O)C(c2cccc([N+](=O)[O-])c2)C1Cl. The number of rotatable bonds is 2. The summed E-state index contributed by atoms with van der Waals surface area (Å²) in [4.78, 5) is 32.7. The molecule has 0 aliphatic carbocycles. The summed E-state index contributed by atoms with van der Waals surface area (Å²) in [7, 11) is 0. The van der Waals surface area contributed by atoms with Gasteiger partial charge >= 0.3 is 0 Å². The van der Waals surface area contributed by atoms with E-state index < -0.39 is 28.0 Å². The zero-order valence-electron chi connectivity index (χ0n) is 8.42. The van der Waals surface area contributed by atoms with Crippen molar-refractivity contribution in [2.45, 2.75) is 11.3 Å². The van der Waals surface area contributed by atoms with E-state index in [0.717, 1.165) is 0 Å². The van der Waals surface area contributed by atoms with Gasteiger partial charge in [-0.1, -0.05) is 12.1 Å². The van der Waals surface area contributed by atoms with Crippen LogP contribution in [0.3, 0.4) is 0 Å². The highest BCUT2D eigenvalue weighted by atomic mass is 35.5. The fourth-order valence-corrected chi connectivity index (χ4v) is 2.02. The van der Waals surface area contributed by atoms with Gasteiger partial charge in [0.1, 0.15) is 5.38 Å². The van der Waals surface area contributed by atoms with Crippen molar-refractivity contribution in [3.05, 3.63) is 39.9 Å². The molecule has 1 N–H and O–H groups in total. The van der Waals surface area contributed by atoms with Gasteiger partial charge in [0.15, 0.2) is 0 Å². The first-order chi connectivity index (χ1) is 8.00. The van der Waals surface area contributed by atoms with Crippen LogP contribution in [-0.4, -0.2) is 22.1 Å². The Bertz CT molecular complexity index is 517. The van der Waals surface area contributed by atoms with Gasteiger partial charge in [-0.2, -0.15) is 0 Å². The third-order valence-corrected chi connectivity index (χ3v) is 2.96. The number of nitrogens with zero attached hydrogens (tertiary/aromatic N) is 1. The summed E-state index contributed by atoms with van der Waals surface area (Å²) in [5.74, 6) is -1.98. The Balaban J connectivity index is 2.40. The van der Waals surface area contributed by atoms with E-state index in [4.69, 9.17) is 11.6 Å². The Hall–Kier alpha value is -1.95. The second-order valence-corrected chi connectivity index (χ2v) is 4.06. The lowest BCUT2D eigenvalue weighted by molar-refractivity contribution is -0.384. The summed E-state index contributed by atoms with van der Waals surface area (Å²) in [5.41, 5.74) is 0.223. The molecule has 1 heterocycles. The van der Waals surface area contributed by atoms with Gasteiger partial charge in [-0.05, 0) is 5.56 Å². The highest BCUT2D eigenvalue weighted by Gasteiger charge is 2.41. The molecule has 1 aliphatic rings. The molecule has 0 radical (unpaired) electrons. The van der Waals surface area contributed by atoms with E-state index in [1.165, 1.54) is 24.3 Å². The summed E-state index contributed by atoms with van der Waals surface area (Å²) in [6.45, 7) is 0. The summed E-state index contributed by atoms with van der Waals surface area (Å²) in [5, 5.41) is 11.7. The van der Waals surface area contributed by atoms with E-state index >= 15 is 0 Å². The second-order valence-electron chi connectivity index (χ2n) is 3.59. The average molecular weight is 255 g/mol. The van der Waals surface area contributed by atoms with Gasteiger partial charge < -0.3 is 0 Å². The number of amides is 2. The maximum Gasteiger partial charge on any atom is 0.269 e. The molecule has 7 heteroatoms. The van der Waals surface area contributed by atoms with Crippen LogP contribution in [0, 0.1) is 10.1 Å². The molecule has 1 aromatic carbocycles. The highest BCUT2D eigenvalue weighted by molar-refractivity contribution is 6.37. The fourth-order valence-electron chi connectivity index (χ4n) is 1.70. The van der Waals surface area contributed by atoms with Crippen molar-refractivity contribution in [3.8, 4) is 0 Å². The number of hydrogen-bond acceptors (Lipinski definition) is 4. The monoisotopic (exact) mass is 254 g/mol. The van der Waals surface area contributed by atoms with Crippen LogP contribution >= 0.6 is 11.6 Å². The molecule has 1 aromatic rings. The molecule has 88 valence electrons. The highest BCUT2D eigenvalue weighted by Crippen LogP contribution is 2.30. The molecular formula is C10H7ClN2O4. The van der Waals surface area contributed by atoms with E-state index in [2.05, 4.69) is 5.32 Å². The largest absolute Gasteiger partial charge is 0.295 e. The Kier molecular flexibility index (Phi) is 2.81. The van der Waals surface area contributed by atoms with Crippen LogP contribution in [0.1, 0.15) is 11.5 Å². The number of halogens is 1. The van der Waals surface area contributed by atoms with Crippen molar-refractivity contribution >= 4 is 29.1 Å². The minimum Gasteiger partial charge on any atom is -0.295 e. The molecule has 17 heavy (non-hydrogen) atoms. The van der Waals surface area contributed by atoms with Crippen molar-refractivity contribution in [1.29, 1.82) is 0 Å². The molecule has 0 aromatic heterocycles. The zero-order chi connectivity index (χ0) is 12.6. The zero-order valence-corrected chi connectivity index (χ0v) is 9.18. The van der Waals surface area contributed by atoms with Crippen molar-refractivity contribution < 1.29 is 14.5 Å². The first-order valence-corrected chi connectivity index (χ1v) is 5.17. The first-order valence-electron chi connectivity index (χ1n) is 4.74. The summed E-state index contributed by atoms with van der Waals surface area (Å²) in [6.07, 6.45) is 0. The molecule has 2 amide bonds. The summed E-state index contributed by atoms with van der Waals surface area (Å²) >= 11 is 5.79. The number of benzene rings is 1. The average Bonchev–Trinajstić information content (AvgIpc) is 2.53. The fraction of sp³-hybridized carbons (Fsp3) is 0.200. The third-order valence-electron chi connectivity index (χ3n) is 2.51. The van der Waals surface area contributed by atoms with Gasteiger partial charge in [-0.25, -0.2) is 0 Å². The number of alkyl halides is 1. The topological polar surface area (TPSA) is 89.3 Å². The van der Waals surface area contributed by atoms with Gasteiger partial charge in [0.05, 0.1) is 10.8 Å². The molecular weight excluding hydrogens is 248 g/mol. The predicted molar refractivity (Wildman–Crippen MR) is 58.6 cm³/mol. The van der Waals surface area contributed by atoms with Gasteiger partial charge in [0, 0.05) is 12.1 Å². The van der Waals surface area contributed by atoms with E-state index in [-0.39, 0.29) is 5.69 Å². The first kappa shape index (κ1) is 11.5. The lowest BCUT2D eigenvalue weighted by atomic mass is 9.97. The number of nitro groups is 1. The Morgan fingerprint density at radius 1 is 1.29 bits per heavy atom. The van der Waals surface area contributed by atoms with Crippen LogP contribution in [0.25, 0.3) is 0 Å². The number of non-ortho nitro benzene ring substituents is 1. The van der Waals surface area contributed by atoms with Crippen LogP contribution in [0.2, 0.25) is 0 Å². The van der Waals surface area contributed by atoms with Crippen molar-refractivity contribution in [1.82, 2.24) is 5.32 Å². The predicted octanol–water partition coefficient (Wildman–Crippen LogP) is 0.942. The molecule has 2 unspecified atom stereocenters. The van der Waals surface area contributed by atoms with Gasteiger partial charge in [-0.15, -0.1) is 11.6 Å². The number of hydrogen-bond donors (Lipinski definition) is 1. The van der Waals surface area contributed by atoms with Crippen LogP contribution < -0.4 is 5.32 Å². The standard InChI is InChI=1S/C10H7ClN2O4/c11-8-7(9(14)12-10(8)15)5-2-1-3-6(4-5)13(16)17/h1-4,7-8H,(H,12,14,15). The van der Waals surface area contributed by atoms with E-state index in [0.29, 0.717) is 5.56 Å². The lowest BCUT2D eigenvalue weighted by Gasteiger charge is -2.09. The maximum atomic E-state index is 11.5. The molecule has 0 spiro atoms. The van der Waals surface area contributed by atoms with Crippen molar-refractivity contribution in [2.24, 2.45) is 0 Å². The molecule has 1 saturated heterocycles. The number of imide groups is 1. The molecule has 2 atom stereocenters. The Morgan fingerprint density at radius 2 is 2.00 bits per heavy atom. The van der Waals surface area contributed by atoms with Crippen molar-refractivity contribution in [2.75, 3.05) is 0 Å². The molecule has 2 rings (SSSR count). The quantitative estimate of drug-likeness (QED) is 0.368.